The number of aryl methyl sites for hydroxylation is 2. The van der Waals surface area contributed by atoms with Crippen LogP contribution in [-0.4, -0.2) is 9.13 Å². The summed E-state index contributed by atoms with van der Waals surface area (Å²) in [6.45, 7) is 0.580. The third-order valence-electron chi connectivity index (χ3n) is 2.74. The van der Waals surface area contributed by atoms with Gasteiger partial charge in [-0.05, 0) is 12.0 Å². The second-order valence-electron chi connectivity index (χ2n) is 3.92. The first kappa shape index (κ1) is 11.4. The van der Waals surface area contributed by atoms with E-state index in [1.54, 1.807) is 10.8 Å². The van der Waals surface area contributed by atoms with Crippen LogP contribution in [0.15, 0.2) is 52.2 Å². The second-order valence-corrected chi connectivity index (χ2v) is 3.92. The molecule has 1 aromatic carbocycles. The molecule has 4 heteroatoms. The van der Waals surface area contributed by atoms with Gasteiger partial charge in [0.25, 0.3) is 5.56 Å². The smallest absolute Gasteiger partial charge is 0.300 e. The molecule has 0 radical (unpaired) electrons. The molecule has 2 rings (SSSR count). The summed E-state index contributed by atoms with van der Waals surface area (Å²) in [5.74, 6) is 0. The molecule has 0 amide bonds. The van der Waals surface area contributed by atoms with Gasteiger partial charge in [0.2, 0.25) is 0 Å². The monoisotopic (exact) mass is 230 g/mol. The van der Waals surface area contributed by atoms with Crippen LogP contribution < -0.4 is 11.2 Å². The fourth-order valence-electron chi connectivity index (χ4n) is 1.68. The molecule has 0 aliphatic heterocycles. The molecule has 0 spiro atoms. The normalized spacial score (nSPS) is 10.4. The Morgan fingerprint density at radius 2 is 1.76 bits per heavy atom. The van der Waals surface area contributed by atoms with Crippen LogP contribution in [0, 0.1) is 0 Å². The summed E-state index contributed by atoms with van der Waals surface area (Å²) in [6, 6.07) is 11.4. The number of hydrogen-bond acceptors (Lipinski definition) is 2. The van der Waals surface area contributed by atoms with E-state index in [0.717, 1.165) is 11.0 Å². The van der Waals surface area contributed by atoms with E-state index in [-0.39, 0.29) is 11.2 Å². The fourth-order valence-corrected chi connectivity index (χ4v) is 1.68. The maximum Gasteiger partial charge on any atom is 0.330 e. The minimum absolute atomic E-state index is 0.270. The van der Waals surface area contributed by atoms with Crippen molar-refractivity contribution < 1.29 is 0 Å². The number of aromatic nitrogens is 2. The Morgan fingerprint density at radius 1 is 1.06 bits per heavy atom. The number of benzene rings is 1. The molecule has 2 aromatic rings. The Bertz CT molecular complexity index is 611. The van der Waals surface area contributed by atoms with Crippen LogP contribution in [0.2, 0.25) is 0 Å². The van der Waals surface area contributed by atoms with Gasteiger partial charge in [0.1, 0.15) is 0 Å². The molecule has 0 aliphatic carbocycles. The number of nitrogens with zero attached hydrogens (tertiary/aromatic N) is 2. The van der Waals surface area contributed by atoms with Crippen LogP contribution in [0.25, 0.3) is 0 Å². The van der Waals surface area contributed by atoms with Gasteiger partial charge in [-0.1, -0.05) is 30.3 Å². The lowest BCUT2D eigenvalue weighted by Crippen LogP contribution is -2.37. The fraction of sp³-hybridized carbons (Fsp3) is 0.231. The summed E-state index contributed by atoms with van der Waals surface area (Å²) in [5, 5.41) is 0. The lowest BCUT2D eigenvalue weighted by atomic mass is 10.1. The minimum Gasteiger partial charge on any atom is -0.300 e. The highest BCUT2D eigenvalue weighted by Crippen LogP contribution is 2.00. The van der Waals surface area contributed by atoms with Crippen molar-refractivity contribution in [3.05, 3.63) is 69.0 Å². The summed E-state index contributed by atoms with van der Waals surface area (Å²) in [6.07, 6.45) is 2.33. The zero-order valence-corrected chi connectivity index (χ0v) is 9.67. The largest absolute Gasteiger partial charge is 0.330 e. The Hall–Kier alpha value is -2.10. The van der Waals surface area contributed by atoms with Crippen molar-refractivity contribution in [2.75, 3.05) is 0 Å². The molecular weight excluding hydrogens is 216 g/mol. The summed E-state index contributed by atoms with van der Waals surface area (Å²) in [7, 11) is 1.49. The van der Waals surface area contributed by atoms with Crippen LogP contribution in [0.3, 0.4) is 0 Å². The van der Waals surface area contributed by atoms with E-state index >= 15 is 0 Å². The molecule has 0 N–H and O–H groups in total. The van der Waals surface area contributed by atoms with Crippen molar-refractivity contribution >= 4 is 0 Å². The summed E-state index contributed by atoms with van der Waals surface area (Å²) in [4.78, 5) is 23.0. The lowest BCUT2D eigenvalue weighted by Gasteiger charge is -2.06. The van der Waals surface area contributed by atoms with Crippen LogP contribution in [0.1, 0.15) is 5.56 Å². The quantitative estimate of drug-likeness (QED) is 0.782. The molecule has 1 aromatic heterocycles. The van der Waals surface area contributed by atoms with E-state index in [1.807, 2.05) is 30.3 Å². The van der Waals surface area contributed by atoms with Gasteiger partial charge in [0, 0.05) is 25.9 Å². The van der Waals surface area contributed by atoms with Gasteiger partial charge in [-0.25, -0.2) is 4.79 Å². The third kappa shape index (κ3) is 2.53. The van der Waals surface area contributed by atoms with E-state index in [0.29, 0.717) is 6.54 Å². The summed E-state index contributed by atoms with van der Waals surface area (Å²) in [5.41, 5.74) is 0.632. The van der Waals surface area contributed by atoms with Crippen LogP contribution in [0.5, 0.6) is 0 Å². The van der Waals surface area contributed by atoms with E-state index in [4.69, 9.17) is 0 Å². The Balaban J connectivity index is 2.18. The molecular formula is C13H14N2O2. The lowest BCUT2D eigenvalue weighted by molar-refractivity contribution is 0.599. The van der Waals surface area contributed by atoms with Crippen molar-refractivity contribution in [3.8, 4) is 0 Å². The SMILES string of the molecule is Cn1c(=O)ccn(CCc2ccccc2)c1=O. The van der Waals surface area contributed by atoms with Gasteiger partial charge in [0.15, 0.2) is 0 Å². The van der Waals surface area contributed by atoms with Crippen LogP contribution >= 0.6 is 0 Å². The van der Waals surface area contributed by atoms with Crippen LogP contribution in [-0.2, 0) is 20.0 Å². The third-order valence-corrected chi connectivity index (χ3v) is 2.74. The van der Waals surface area contributed by atoms with Gasteiger partial charge >= 0.3 is 5.69 Å². The molecule has 1 heterocycles. The van der Waals surface area contributed by atoms with Gasteiger partial charge in [0.05, 0.1) is 0 Å². The van der Waals surface area contributed by atoms with Gasteiger partial charge in [-0.2, -0.15) is 0 Å². The molecule has 0 atom stereocenters. The van der Waals surface area contributed by atoms with E-state index in [1.165, 1.54) is 18.7 Å². The molecule has 0 bridgehead atoms. The topological polar surface area (TPSA) is 44.0 Å². The predicted molar refractivity (Wildman–Crippen MR) is 66.1 cm³/mol. The molecule has 0 saturated heterocycles. The Labute approximate surface area is 98.8 Å². The summed E-state index contributed by atoms with van der Waals surface area (Å²) < 4.78 is 2.67. The molecule has 4 nitrogen and oxygen atoms in total. The first-order valence-corrected chi connectivity index (χ1v) is 5.49. The van der Waals surface area contributed by atoms with Crippen molar-refractivity contribution in [2.45, 2.75) is 13.0 Å². The molecule has 0 saturated carbocycles. The number of rotatable bonds is 3. The maximum atomic E-state index is 11.7. The highest BCUT2D eigenvalue weighted by Gasteiger charge is 2.00. The van der Waals surface area contributed by atoms with Gasteiger partial charge < -0.3 is 4.57 Å². The highest BCUT2D eigenvalue weighted by molar-refractivity contribution is 5.14. The second kappa shape index (κ2) is 4.82. The average Bonchev–Trinajstić information content (AvgIpc) is 2.36. The summed E-state index contributed by atoms with van der Waals surface area (Å²) >= 11 is 0. The van der Waals surface area contributed by atoms with Crippen molar-refractivity contribution in [1.82, 2.24) is 9.13 Å². The van der Waals surface area contributed by atoms with Gasteiger partial charge in [-0.15, -0.1) is 0 Å². The standard InChI is InChI=1S/C13H14N2O2/c1-14-12(16)8-10-15(13(14)17)9-7-11-5-3-2-4-6-11/h2-6,8,10H,7,9H2,1H3. The van der Waals surface area contributed by atoms with E-state index in [9.17, 15) is 9.59 Å². The molecule has 88 valence electrons. The first-order valence-electron chi connectivity index (χ1n) is 5.49. The van der Waals surface area contributed by atoms with Crippen molar-refractivity contribution in [1.29, 1.82) is 0 Å². The van der Waals surface area contributed by atoms with E-state index in [2.05, 4.69) is 0 Å². The van der Waals surface area contributed by atoms with Crippen LogP contribution in [0.4, 0.5) is 0 Å². The predicted octanol–water partition coefficient (Wildman–Crippen LogP) is 0.790. The molecule has 17 heavy (non-hydrogen) atoms. The zero-order chi connectivity index (χ0) is 12.3. The molecule has 0 fully saturated rings. The Kier molecular flexibility index (Phi) is 3.23. The molecule has 0 aliphatic rings. The average molecular weight is 230 g/mol. The van der Waals surface area contributed by atoms with Crippen molar-refractivity contribution in [3.63, 3.8) is 0 Å². The van der Waals surface area contributed by atoms with Crippen molar-refractivity contribution in [2.24, 2.45) is 7.05 Å². The number of hydrogen-bond donors (Lipinski definition) is 0. The highest BCUT2D eigenvalue weighted by atomic mass is 16.2. The first-order chi connectivity index (χ1) is 8.18. The Morgan fingerprint density at radius 3 is 2.47 bits per heavy atom. The zero-order valence-electron chi connectivity index (χ0n) is 9.67. The van der Waals surface area contributed by atoms with Gasteiger partial charge in [-0.3, -0.25) is 9.36 Å². The molecule has 0 unspecified atom stereocenters. The maximum absolute atomic E-state index is 11.7. The minimum atomic E-state index is -0.272. The van der Waals surface area contributed by atoms with E-state index < -0.39 is 0 Å².